The Balaban J connectivity index is 2.06. The summed E-state index contributed by atoms with van der Waals surface area (Å²) in [5.74, 6) is 0.409. The van der Waals surface area contributed by atoms with Crippen molar-refractivity contribution >= 4 is 5.82 Å². The van der Waals surface area contributed by atoms with E-state index < -0.39 is 0 Å². The van der Waals surface area contributed by atoms with Gasteiger partial charge < -0.3 is 4.90 Å². The molecule has 1 aromatic heterocycles. The molecule has 1 fully saturated rings. The van der Waals surface area contributed by atoms with Crippen molar-refractivity contribution in [1.82, 2.24) is 4.98 Å². The van der Waals surface area contributed by atoms with Crippen molar-refractivity contribution in [2.24, 2.45) is 0 Å². The van der Waals surface area contributed by atoms with Gasteiger partial charge in [-0.1, -0.05) is 25.3 Å². The first-order valence-electron chi connectivity index (χ1n) is 5.74. The van der Waals surface area contributed by atoms with Crippen molar-refractivity contribution < 1.29 is 4.39 Å². The molecule has 0 radical (unpaired) electrons. The first-order chi connectivity index (χ1) is 7.36. The summed E-state index contributed by atoms with van der Waals surface area (Å²) in [6.07, 6.45) is 6.29. The molecule has 15 heavy (non-hydrogen) atoms. The highest BCUT2D eigenvalue weighted by Gasteiger charge is 2.10. The topological polar surface area (TPSA) is 16.1 Å². The molecule has 0 N–H and O–H groups in total. The molecule has 2 nitrogen and oxygen atoms in total. The Morgan fingerprint density at radius 2 is 1.67 bits per heavy atom. The molecule has 0 atom stereocenters. The Morgan fingerprint density at radius 3 is 2.33 bits per heavy atom. The number of hydrogen-bond acceptors (Lipinski definition) is 2. The predicted molar refractivity (Wildman–Crippen MR) is 59.5 cm³/mol. The maximum Gasteiger partial charge on any atom is 0.214 e. The molecule has 82 valence electrons. The smallest absolute Gasteiger partial charge is 0.214 e. The van der Waals surface area contributed by atoms with Gasteiger partial charge in [-0.3, -0.25) is 0 Å². The summed E-state index contributed by atoms with van der Waals surface area (Å²) < 4.78 is 13.0. The first-order valence-corrected chi connectivity index (χ1v) is 5.74. The number of nitrogens with zero attached hydrogens (tertiary/aromatic N) is 2. The zero-order chi connectivity index (χ0) is 10.5. The van der Waals surface area contributed by atoms with Crippen molar-refractivity contribution in [2.45, 2.75) is 32.1 Å². The number of aromatic nitrogens is 1. The Kier molecular flexibility index (Phi) is 3.54. The highest BCUT2D eigenvalue weighted by Crippen LogP contribution is 2.16. The van der Waals surface area contributed by atoms with E-state index in [0.717, 1.165) is 18.9 Å². The third-order valence-corrected chi connectivity index (χ3v) is 2.88. The Bertz CT molecular complexity index is 306. The van der Waals surface area contributed by atoms with Crippen LogP contribution in [0.1, 0.15) is 32.1 Å². The molecule has 0 amide bonds. The van der Waals surface area contributed by atoms with E-state index in [1.54, 1.807) is 6.07 Å². The second-order valence-electron chi connectivity index (χ2n) is 4.07. The fourth-order valence-electron chi connectivity index (χ4n) is 2.05. The van der Waals surface area contributed by atoms with Crippen molar-refractivity contribution in [3.63, 3.8) is 0 Å². The van der Waals surface area contributed by atoms with Crippen molar-refractivity contribution in [3.05, 3.63) is 24.1 Å². The van der Waals surface area contributed by atoms with Crippen LogP contribution in [0.25, 0.3) is 0 Å². The van der Waals surface area contributed by atoms with E-state index in [2.05, 4.69) is 9.88 Å². The van der Waals surface area contributed by atoms with Crippen LogP contribution in [-0.2, 0) is 0 Å². The maximum absolute atomic E-state index is 13.0. The molecular weight excluding hydrogens is 191 g/mol. The molecule has 0 bridgehead atoms. The minimum atomic E-state index is -0.380. The third kappa shape index (κ3) is 2.91. The van der Waals surface area contributed by atoms with Gasteiger partial charge in [-0.15, -0.1) is 0 Å². The maximum atomic E-state index is 13.0. The molecule has 2 rings (SSSR count). The first kappa shape index (κ1) is 10.4. The predicted octanol–water partition coefficient (Wildman–Crippen LogP) is 2.99. The van der Waals surface area contributed by atoms with Crippen molar-refractivity contribution in [1.29, 1.82) is 0 Å². The lowest BCUT2D eigenvalue weighted by molar-refractivity contribution is 0.544. The minimum absolute atomic E-state index is 0.380. The summed E-state index contributed by atoms with van der Waals surface area (Å²) >= 11 is 0. The standard InChI is InChI=1S/C12H17FN2/c13-11-7-6-8-12(14-11)15-9-4-2-1-3-5-10-15/h6-8H,1-5,9-10H2. The van der Waals surface area contributed by atoms with Crippen LogP contribution in [0.15, 0.2) is 18.2 Å². The van der Waals surface area contributed by atoms with E-state index in [-0.39, 0.29) is 5.95 Å². The van der Waals surface area contributed by atoms with Gasteiger partial charge in [-0.2, -0.15) is 4.39 Å². The molecule has 3 heteroatoms. The van der Waals surface area contributed by atoms with E-state index >= 15 is 0 Å². The summed E-state index contributed by atoms with van der Waals surface area (Å²) in [5.41, 5.74) is 0. The fraction of sp³-hybridized carbons (Fsp3) is 0.583. The van der Waals surface area contributed by atoms with Gasteiger partial charge in [0.1, 0.15) is 5.82 Å². The van der Waals surface area contributed by atoms with E-state index in [4.69, 9.17) is 0 Å². The Morgan fingerprint density at radius 1 is 1.00 bits per heavy atom. The lowest BCUT2D eigenvalue weighted by atomic mass is 10.1. The van der Waals surface area contributed by atoms with Crippen molar-refractivity contribution in [3.8, 4) is 0 Å². The Labute approximate surface area is 90.1 Å². The quantitative estimate of drug-likeness (QED) is 0.659. The number of pyridine rings is 1. The molecule has 0 saturated carbocycles. The molecule has 0 unspecified atom stereocenters. The van der Waals surface area contributed by atoms with Gasteiger partial charge in [-0.25, -0.2) is 4.98 Å². The molecular formula is C12H17FN2. The van der Waals surface area contributed by atoms with E-state index in [0.29, 0.717) is 0 Å². The number of halogens is 1. The lowest BCUT2D eigenvalue weighted by Gasteiger charge is -2.25. The highest BCUT2D eigenvalue weighted by atomic mass is 19.1. The van der Waals surface area contributed by atoms with Gasteiger partial charge in [0.25, 0.3) is 0 Å². The van der Waals surface area contributed by atoms with Gasteiger partial charge >= 0.3 is 0 Å². The van der Waals surface area contributed by atoms with Crippen LogP contribution in [0, 0.1) is 5.95 Å². The summed E-state index contributed by atoms with van der Waals surface area (Å²) in [7, 11) is 0. The molecule has 1 aliphatic rings. The Hall–Kier alpha value is -1.12. The summed E-state index contributed by atoms with van der Waals surface area (Å²) in [6.45, 7) is 2.02. The number of hydrogen-bond donors (Lipinski definition) is 0. The van der Waals surface area contributed by atoms with Crippen LogP contribution in [0.5, 0.6) is 0 Å². The van der Waals surface area contributed by atoms with Crippen LogP contribution in [0.3, 0.4) is 0 Å². The van der Waals surface area contributed by atoms with Gasteiger partial charge in [0, 0.05) is 13.1 Å². The van der Waals surface area contributed by atoms with Crippen LogP contribution >= 0.6 is 0 Å². The fourth-order valence-corrected chi connectivity index (χ4v) is 2.05. The SMILES string of the molecule is Fc1cccc(N2CCCCCCC2)n1. The summed E-state index contributed by atoms with van der Waals surface area (Å²) in [6, 6.07) is 5.02. The van der Waals surface area contributed by atoms with Crippen LogP contribution in [-0.4, -0.2) is 18.1 Å². The molecule has 1 aromatic rings. The zero-order valence-electron chi connectivity index (χ0n) is 8.95. The van der Waals surface area contributed by atoms with E-state index in [9.17, 15) is 4.39 Å². The molecule has 0 aromatic carbocycles. The monoisotopic (exact) mass is 208 g/mol. The molecule has 2 heterocycles. The van der Waals surface area contributed by atoms with Crippen LogP contribution in [0.2, 0.25) is 0 Å². The van der Waals surface area contributed by atoms with Gasteiger partial charge in [0.15, 0.2) is 0 Å². The summed E-state index contributed by atoms with van der Waals surface area (Å²) in [5, 5.41) is 0. The van der Waals surface area contributed by atoms with E-state index in [1.165, 1.54) is 38.2 Å². The molecule has 0 spiro atoms. The second kappa shape index (κ2) is 5.10. The molecule has 0 aliphatic carbocycles. The molecule has 1 aliphatic heterocycles. The number of rotatable bonds is 1. The van der Waals surface area contributed by atoms with Crippen LogP contribution in [0.4, 0.5) is 10.2 Å². The molecule has 1 saturated heterocycles. The third-order valence-electron chi connectivity index (χ3n) is 2.88. The normalized spacial score (nSPS) is 18.3. The second-order valence-corrected chi connectivity index (χ2v) is 4.07. The van der Waals surface area contributed by atoms with Gasteiger partial charge in [0.2, 0.25) is 5.95 Å². The lowest BCUT2D eigenvalue weighted by Crippen LogP contribution is -2.27. The van der Waals surface area contributed by atoms with Crippen LogP contribution < -0.4 is 4.90 Å². The van der Waals surface area contributed by atoms with Crippen molar-refractivity contribution in [2.75, 3.05) is 18.0 Å². The number of anilines is 1. The van der Waals surface area contributed by atoms with E-state index in [1.807, 2.05) is 6.07 Å². The average Bonchev–Trinajstić information content (AvgIpc) is 2.16. The van der Waals surface area contributed by atoms with Gasteiger partial charge in [-0.05, 0) is 25.0 Å². The minimum Gasteiger partial charge on any atom is -0.357 e. The summed E-state index contributed by atoms with van der Waals surface area (Å²) in [4.78, 5) is 6.13. The highest BCUT2D eigenvalue weighted by molar-refractivity contribution is 5.37. The largest absolute Gasteiger partial charge is 0.357 e. The average molecular weight is 208 g/mol. The van der Waals surface area contributed by atoms with Gasteiger partial charge in [0.05, 0.1) is 0 Å². The zero-order valence-corrected chi connectivity index (χ0v) is 8.95.